The van der Waals surface area contributed by atoms with Crippen molar-refractivity contribution in [3.8, 4) is 11.4 Å². The maximum atomic E-state index is 12.9. The molecule has 0 saturated carbocycles. The van der Waals surface area contributed by atoms with Crippen LogP contribution in [-0.4, -0.2) is 39.0 Å². The van der Waals surface area contributed by atoms with Gasteiger partial charge in [-0.05, 0) is 29.0 Å². The van der Waals surface area contributed by atoms with Crippen LogP contribution in [0.3, 0.4) is 0 Å². The molecule has 1 aliphatic rings. The predicted octanol–water partition coefficient (Wildman–Crippen LogP) is 3.52. The lowest BCUT2D eigenvalue weighted by Crippen LogP contribution is -2.48. The van der Waals surface area contributed by atoms with E-state index in [2.05, 4.69) is 15.1 Å². The molecule has 5 rings (SSSR count). The van der Waals surface area contributed by atoms with Crippen LogP contribution in [0.25, 0.3) is 22.2 Å². The molecule has 0 aliphatic carbocycles. The van der Waals surface area contributed by atoms with Gasteiger partial charge in [0.1, 0.15) is 0 Å². The number of nitrogens with zero attached hydrogens (tertiary/aromatic N) is 4. The van der Waals surface area contributed by atoms with Crippen molar-refractivity contribution in [3.63, 3.8) is 0 Å². The van der Waals surface area contributed by atoms with E-state index in [1.807, 2.05) is 59.5 Å². The van der Waals surface area contributed by atoms with E-state index in [4.69, 9.17) is 4.52 Å². The van der Waals surface area contributed by atoms with Gasteiger partial charge in [0.15, 0.2) is 0 Å². The van der Waals surface area contributed by atoms with Crippen molar-refractivity contribution >= 4 is 16.7 Å². The molecule has 1 aliphatic heterocycles. The lowest BCUT2D eigenvalue weighted by Gasteiger charge is -2.37. The number of aromatic nitrogens is 3. The maximum absolute atomic E-state index is 12.9. The highest BCUT2D eigenvalue weighted by atomic mass is 16.5. The minimum Gasteiger partial charge on any atom is -0.339 e. The Morgan fingerprint density at radius 2 is 1.78 bits per heavy atom. The smallest absolute Gasteiger partial charge is 0.254 e. The highest BCUT2D eigenvalue weighted by molar-refractivity contribution is 6.07. The largest absolute Gasteiger partial charge is 0.339 e. The van der Waals surface area contributed by atoms with E-state index in [9.17, 15) is 4.79 Å². The summed E-state index contributed by atoms with van der Waals surface area (Å²) in [6, 6.07) is 17.4. The second-order valence-electron chi connectivity index (χ2n) is 6.63. The van der Waals surface area contributed by atoms with Crippen molar-refractivity contribution in [3.05, 3.63) is 78.4 Å². The summed E-state index contributed by atoms with van der Waals surface area (Å²) in [6.45, 7) is 1.17. The molecule has 1 saturated heterocycles. The fourth-order valence-electron chi connectivity index (χ4n) is 3.40. The van der Waals surface area contributed by atoms with Crippen LogP contribution in [0.15, 0.2) is 71.5 Å². The first-order valence-corrected chi connectivity index (χ1v) is 8.80. The first-order valence-electron chi connectivity index (χ1n) is 8.80. The summed E-state index contributed by atoms with van der Waals surface area (Å²) in [5.74, 6) is 1.24. The van der Waals surface area contributed by atoms with Gasteiger partial charge in [0.05, 0.1) is 5.92 Å². The zero-order valence-corrected chi connectivity index (χ0v) is 14.4. The molecule has 4 aromatic rings. The topological polar surface area (TPSA) is 72.1 Å². The highest BCUT2D eigenvalue weighted by Crippen LogP contribution is 2.30. The van der Waals surface area contributed by atoms with Crippen molar-refractivity contribution in [1.29, 1.82) is 0 Å². The molecule has 0 unspecified atom stereocenters. The Kier molecular flexibility index (Phi) is 3.67. The van der Waals surface area contributed by atoms with Crippen molar-refractivity contribution < 1.29 is 9.32 Å². The number of likely N-dealkylation sites (tertiary alicyclic amines) is 1. The quantitative estimate of drug-likeness (QED) is 0.561. The van der Waals surface area contributed by atoms with Gasteiger partial charge in [0, 0.05) is 36.6 Å². The number of amides is 1. The Morgan fingerprint density at radius 3 is 2.63 bits per heavy atom. The molecular formula is C21H16N4O2. The van der Waals surface area contributed by atoms with Gasteiger partial charge in [-0.2, -0.15) is 4.98 Å². The van der Waals surface area contributed by atoms with Crippen LogP contribution in [0.5, 0.6) is 0 Å². The predicted molar refractivity (Wildman–Crippen MR) is 100 cm³/mol. The number of hydrogen-bond donors (Lipinski definition) is 0. The molecule has 132 valence electrons. The van der Waals surface area contributed by atoms with E-state index in [0.717, 1.165) is 21.9 Å². The lowest BCUT2D eigenvalue weighted by molar-refractivity contribution is 0.0571. The van der Waals surface area contributed by atoms with Crippen molar-refractivity contribution in [2.75, 3.05) is 13.1 Å². The SMILES string of the molecule is O=C(c1cccc2ccccc12)N1CC(c2nc(-c3ccncc3)no2)C1. The standard InChI is InChI=1S/C21H16N4O2/c26-21(18-7-3-5-14-4-1-2-6-17(14)18)25-12-16(13-25)20-23-19(24-27-20)15-8-10-22-11-9-15/h1-11,16H,12-13H2. The average molecular weight is 356 g/mol. The van der Waals surface area contributed by atoms with Gasteiger partial charge in [-0.3, -0.25) is 9.78 Å². The first kappa shape index (κ1) is 15.7. The van der Waals surface area contributed by atoms with Crippen LogP contribution in [-0.2, 0) is 0 Å². The summed E-state index contributed by atoms with van der Waals surface area (Å²) in [7, 11) is 0. The molecule has 0 atom stereocenters. The van der Waals surface area contributed by atoms with Gasteiger partial charge in [-0.1, -0.05) is 41.6 Å². The van der Waals surface area contributed by atoms with Crippen molar-refractivity contribution in [1.82, 2.24) is 20.0 Å². The normalized spacial score (nSPS) is 14.3. The van der Waals surface area contributed by atoms with E-state index in [-0.39, 0.29) is 11.8 Å². The molecule has 6 heteroatoms. The van der Waals surface area contributed by atoms with Gasteiger partial charge in [-0.15, -0.1) is 0 Å². The van der Waals surface area contributed by atoms with E-state index in [1.54, 1.807) is 12.4 Å². The third kappa shape index (κ3) is 2.75. The molecule has 1 fully saturated rings. The van der Waals surface area contributed by atoms with Gasteiger partial charge < -0.3 is 9.42 Å². The third-order valence-electron chi connectivity index (χ3n) is 4.92. The summed E-state index contributed by atoms with van der Waals surface area (Å²) < 4.78 is 5.41. The molecule has 0 radical (unpaired) electrons. The number of carbonyl (C=O) groups excluding carboxylic acids is 1. The number of pyridine rings is 1. The van der Waals surface area contributed by atoms with Gasteiger partial charge in [-0.25, -0.2) is 0 Å². The third-order valence-corrected chi connectivity index (χ3v) is 4.92. The number of carbonyl (C=O) groups is 1. The number of rotatable bonds is 3. The minimum absolute atomic E-state index is 0.0388. The summed E-state index contributed by atoms with van der Waals surface area (Å²) >= 11 is 0. The number of fused-ring (bicyclic) bond motifs is 1. The Labute approximate surface area is 155 Å². The van der Waals surface area contributed by atoms with Crippen LogP contribution in [0.4, 0.5) is 0 Å². The molecule has 2 aromatic heterocycles. The Balaban J connectivity index is 1.32. The minimum atomic E-state index is 0.0388. The second-order valence-corrected chi connectivity index (χ2v) is 6.63. The fourth-order valence-corrected chi connectivity index (χ4v) is 3.40. The lowest BCUT2D eigenvalue weighted by atomic mass is 9.97. The summed E-state index contributed by atoms with van der Waals surface area (Å²) in [6.07, 6.45) is 3.39. The summed E-state index contributed by atoms with van der Waals surface area (Å²) in [5, 5.41) is 6.09. The average Bonchev–Trinajstić information content (AvgIpc) is 3.16. The van der Waals surface area contributed by atoms with Crippen molar-refractivity contribution in [2.24, 2.45) is 0 Å². The van der Waals surface area contributed by atoms with E-state index >= 15 is 0 Å². The molecule has 1 amide bonds. The van der Waals surface area contributed by atoms with E-state index < -0.39 is 0 Å². The van der Waals surface area contributed by atoms with Gasteiger partial charge >= 0.3 is 0 Å². The Morgan fingerprint density at radius 1 is 1.00 bits per heavy atom. The molecule has 3 heterocycles. The van der Waals surface area contributed by atoms with Crippen LogP contribution < -0.4 is 0 Å². The summed E-state index contributed by atoms with van der Waals surface area (Å²) in [4.78, 5) is 23.2. The molecule has 6 nitrogen and oxygen atoms in total. The maximum Gasteiger partial charge on any atom is 0.254 e. The van der Waals surface area contributed by atoms with Gasteiger partial charge in [0.25, 0.3) is 5.91 Å². The molecule has 2 aromatic carbocycles. The van der Waals surface area contributed by atoms with Crippen LogP contribution >= 0.6 is 0 Å². The monoisotopic (exact) mass is 356 g/mol. The molecular weight excluding hydrogens is 340 g/mol. The fraction of sp³-hybridized carbons (Fsp3) is 0.143. The molecule has 27 heavy (non-hydrogen) atoms. The molecule has 0 N–H and O–H groups in total. The van der Waals surface area contributed by atoms with Crippen molar-refractivity contribution in [2.45, 2.75) is 5.92 Å². The van der Waals surface area contributed by atoms with Crippen LogP contribution in [0, 0.1) is 0 Å². The van der Waals surface area contributed by atoms with E-state index in [0.29, 0.717) is 24.8 Å². The first-order chi connectivity index (χ1) is 13.3. The van der Waals surface area contributed by atoms with Crippen LogP contribution in [0.2, 0.25) is 0 Å². The zero-order chi connectivity index (χ0) is 18.2. The Hall–Kier alpha value is -3.54. The number of hydrogen-bond acceptors (Lipinski definition) is 5. The van der Waals surface area contributed by atoms with Gasteiger partial charge in [0.2, 0.25) is 11.7 Å². The zero-order valence-electron chi connectivity index (χ0n) is 14.4. The second kappa shape index (κ2) is 6.32. The van der Waals surface area contributed by atoms with Crippen LogP contribution in [0.1, 0.15) is 22.2 Å². The van der Waals surface area contributed by atoms with E-state index in [1.165, 1.54) is 0 Å². The molecule has 0 bridgehead atoms. The molecule has 0 spiro atoms. The Bertz CT molecular complexity index is 1110. The summed E-state index contributed by atoms with van der Waals surface area (Å²) in [5.41, 5.74) is 1.59. The highest BCUT2D eigenvalue weighted by Gasteiger charge is 2.36. The number of benzene rings is 2.